The van der Waals surface area contributed by atoms with E-state index < -0.39 is 0 Å². The summed E-state index contributed by atoms with van der Waals surface area (Å²) in [7, 11) is 0. The van der Waals surface area contributed by atoms with Gasteiger partial charge in [-0.25, -0.2) is 0 Å². The molecule has 2 unspecified atom stereocenters. The van der Waals surface area contributed by atoms with Gasteiger partial charge in [0.1, 0.15) is 0 Å². The molecule has 4 nitrogen and oxygen atoms in total. The van der Waals surface area contributed by atoms with Gasteiger partial charge in [-0.3, -0.25) is 4.79 Å². The van der Waals surface area contributed by atoms with Gasteiger partial charge in [0.25, 0.3) is 0 Å². The highest BCUT2D eigenvalue weighted by Crippen LogP contribution is 2.28. The van der Waals surface area contributed by atoms with Crippen molar-refractivity contribution in [2.45, 2.75) is 76.0 Å². The SMILES string of the molecule is CC(NC(=O)CC1(N)CCCCC1)C1CCCO1. The van der Waals surface area contributed by atoms with Gasteiger partial charge >= 0.3 is 0 Å². The van der Waals surface area contributed by atoms with Crippen LogP contribution in [0.4, 0.5) is 0 Å². The summed E-state index contributed by atoms with van der Waals surface area (Å²) in [5, 5.41) is 3.05. The minimum Gasteiger partial charge on any atom is -0.376 e. The van der Waals surface area contributed by atoms with Gasteiger partial charge in [-0.05, 0) is 32.6 Å². The van der Waals surface area contributed by atoms with E-state index in [1.165, 1.54) is 6.42 Å². The number of carbonyl (C=O) groups excluding carboxylic acids is 1. The molecule has 104 valence electrons. The number of amides is 1. The van der Waals surface area contributed by atoms with Crippen LogP contribution < -0.4 is 11.1 Å². The number of rotatable bonds is 4. The molecule has 0 radical (unpaired) electrons. The van der Waals surface area contributed by atoms with Gasteiger partial charge in [0, 0.05) is 18.6 Å². The van der Waals surface area contributed by atoms with E-state index in [4.69, 9.17) is 10.5 Å². The first-order valence-corrected chi connectivity index (χ1v) is 7.29. The van der Waals surface area contributed by atoms with E-state index in [1.807, 2.05) is 6.92 Å². The lowest BCUT2D eigenvalue weighted by molar-refractivity contribution is -0.124. The molecule has 0 spiro atoms. The molecule has 2 rings (SSSR count). The van der Waals surface area contributed by atoms with E-state index in [-0.39, 0.29) is 23.6 Å². The fourth-order valence-electron chi connectivity index (χ4n) is 3.15. The lowest BCUT2D eigenvalue weighted by Crippen LogP contribution is -2.49. The van der Waals surface area contributed by atoms with E-state index >= 15 is 0 Å². The molecule has 0 bridgehead atoms. The predicted molar refractivity (Wildman–Crippen MR) is 71.2 cm³/mol. The fraction of sp³-hybridized carbons (Fsp3) is 0.929. The van der Waals surface area contributed by atoms with Crippen LogP contribution in [0.3, 0.4) is 0 Å². The van der Waals surface area contributed by atoms with Crippen molar-refractivity contribution >= 4 is 5.91 Å². The standard InChI is InChI=1S/C14H26N2O2/c1-11(12-6-5-9-18-12)16-13(17)10-14(15)7-3-2-4-8-14/h11-12H,2-10,15H2,1H3,(H,16,17). The van der Waals surface area contributed by atoms with Crippen molar-refractivity contribution in [3.05, 3.63) is 0 Å². The first kappa shape index (κ1) is 13.8. The van der Waals surface area contributed by atoms with E-state index in [1.54, 1.807) is 0 Å². The van der Waals surface area contributed by atoms with Gasteiger partial charge < -0.3 is 15.8 Å². The number of hydrogen-bond donors (Lipinski definition) is 2. The smallest absolute Gasteiger partial charge is 0.222 e. The molecule has 1 heterocycles. The Morgan fingerprint density at radius 3 is 2.72 bits per heavy atom. The molecule has 0 aromatic heterocycles. The summed E-state index contributed by atoms with van der Waals surface area (Å²) >= 11 is 0. The molecule has 0 aromatic rings. The van der Waals surface area contributed by atoms with Crippen molar-refractivity contribution in [1.82, 2.24) is 5.32 Å². The molecule has 0 aromatic carbocycles. The van der Waals surface area contributed by atoms with Gasteiger partial charge in [-0.15, -0.1) is 0 Å². The first-order chi connectivity index (χ1) is 8.59. The number of hydrogen-bond acceptors (Lipinski definition) is 3. The summed E-state index contributed by atoms with van der Waals surface area (Å²) in [6.45, 7) is 2.85. The number of nitrogens with one attached hydrogen (secondary N) is 1. The molecule has 2 aliphatic rings. The normalized spacial score (nSPS) is 28.9. The van der Waals surface area contributed by atoms with Gasteiger partial charge in [0.2, 0.25) is 5.91 Å². The number of ether oxygens (including phenoxy) is 1. The van der Waals surface area contributed by atoms with Gasteiger partial charge in [-0.1, -0.05) is 19.3 Å². The zero-order valence-electron chi connectivity index (χ0n) is 11.4. The van der Waals surface area contributed by atoms with E-state index in [0.29, 0.717) is 6.42 Å². The van der Waals surface area contributed by atoms with Gasteiger partial charge in [0.05, 0.1) is 12.1 Å². The maximum Gasteiger partial charge on any atom is 0.222 e. The molecule has 2 fully saturated rings. The maximum atomic E-state index is 12.0. The molecule has 3 N–H and O–H groups in total. The van der Waals surface area contributed by atoms with Crippen LogP contribution in [0.1, 0.15) is 58.3 Å². The van der Waals surface area contributed by atoms with Crippen molar-refractivity contribution < 1.29 is 9.53 Å². The summed E-state index contributed by atoms with van der Waals surface area (Å²) in [5.74, 6) is 0.0856. The molecule has 1 saturated carbocycles. The van der Waals surface area contributed by atoms with E-state index in [2.05, 4.69) is 5.32 Å². The van der Waals surface area contributed by atoms with Crippen molar-refractivity contribution in [1.29, 1.82) is 0 Å². The van der Waals surface area contributed by atoms with E-state index in [0.717, 1.165) is 45.1 Å². The first-order valence-electron chi connectivity index (χ1n) is 7.29. The summed E-state index contributed by atoms with van der Waals surface area (Å²) in [6, 6.07) is 0.104. The Hall–Kier alpha value is -0.610. The zero-order valence-corrected chi connectivity index (χ0v) is 11.4. The maximum absolute atomic E-state index is 12.0. The third kappa shape index (κ3) is 3.69. The zero-order chi connectivity index (χ0) is 13.0. The van der Waals surface area contributed by atoms with Crippen LogP contribution in [0, 0.1) is 0 Å². The summed E-state index contributed by atoms with van der Waals surface area (Å²) in [6.07, 6.45) is 8.34. The fourth-order valence-corrected chi connectivity index (χ4v) is 3.15. The molecule has 1 saturated heterocycles. The van der Waals surface area contributed by atoms with Crippen molar-refractivity contribution in [3.8, 4) is 0 Å². The average Bonchev–Trinajstić information content (AvgIpc) is 2.82. The van der Waals surface area contributed by atoms with Crippen LogP contribution in [0.25, 0.3) is 0 Å². The van der Waals surface area contributed by atoms with Crippen LogP contribution in [0.2, 0.25) is 0 Å². The minimum atomic E-state index is -0.265. The Labute approximate surface area is 110 Å². The number of carbonyl (C=O) groups is 1. The number of nitrogens with two attached hydrogens (primary N) is 1. The Morgan fingerprint density at radius 1 is 1.39 bits per heavy atom. The average molecular weight is 254 g/mol. The highest BCUT2D eigenvalue weighted by molar-refractivity contribution is 5.77. The lowest BCUT2D eigenvalue weighted by Gasteiger charge is -2.33. The van der Waals surface area contributed by atoms with Crippen LogP contribution in [-0.2, 0) is 9.53 Å². The molecule has 18 heavy (non-hydrogen) atoms. The summed E-state index contributed by atoms with van der Waals surface area (Å²) in [4.78, 5) is 12.0. The van der Waals surface area contributed by atoms with Crippen LogP contribution in [-0.4, -0.2) is 30.2 Å². The quantitative estimate of drug-likeness (QED) is 0.803. The van der Waals surface area contributed by atoms with Crippen LogP contribution >= 0.6 is 0 Å². The molecule has 1 aliphatic carbocycles. The third-order valence-electron chi connectivity index (χ3n) is 4.27. The second-order valence-corrected chi connectivity index (χ2v) is 6.01. The third-order valence-corrected chi connectivity index (χ3v) is 4.27. The summed E-state index contributed by atoms with van der Waals surface area (Å²) in [5.41, 5.74) is 6.03. The second-order valence-electron chi connectivity index (χ2n) is 6.01. The molecule has 1 amide bonds. The van der Waals surface area contributed by atoms with Crippen LogP contribution in [0.5, 0.6) is 0 Å². The molecule has 4 heteroatoms. The Balaban J connectivity index is 1.76. The Bertz CT molecular complexity index is 282. The molecular weight excluding hydrogens is 228 g/mol. The topological polar surface area (TPSA) is 64.4 Å². The Morgan fingerprint density at radius 2 is 2.11 bits per heavy atom. The van der Waals surface area contributed by atoms with Crippen molar-refractivity contribution in [2.75, 3.05) is 6.61 Å². The highest BCUT2D eigenvalue weighted by atomic mass is 16.5. The highest BCUT2D eigenvalue weighted by Gasteiger charge is 2.31. The minimum absolute atomic E-state index is 0.0856. The van der Waals surface area contributed by atoms with Gasteiger partial charge in [-0.2, -0.15) is 0 Å². The second kappa shape index (κ2) is 6.02. The largest absolute Gasteiger partial charge is 0.376 e. The predicted octanol–water partition coefficient (Wildman–Crippen LogP) is 1.72. The van der Waals surface area contributed by atoms with E-state index in [9.17, 15) is 4.79 Å². The van der Waals surface area contributed by atoms with Crippen LogP contribution in [0.15, 0.2) is 0 Å². The molecule has 1 aliphatic heterocycles. The van der Waals surface area contributed by atoms with Crippen molar-refractivity contribution in [2.24, 2.45) is 5.73 Å². The van der Waals surface area contributed by atoms with Gasteiger partial charge in [0.15, 0.2) is 0 Å². The van der Waals surface area contributed by atoms with Crippen molar-refractivity contribution in [3.63, 3.8) is 0 Å². The molecular formula is C14H26N2O2. The Kier molecular flexibility index (Phi) is 4.62. The summed E-state index contributed by atoms with van der Waals surface area (Å²) < 4.78 is 5.58. The molecule has 2 atom stereocenters. The monoisotopic (exact) mass is 254 g/mol. The lowest BCUT2D eigenvalue weighted by atomic mass is 9.80.